The molecule has 0 aliphatic rings. The van der Waals surface area contributed by atoms with Crippen LogP contribution in [0.15, 0.2) is 59.8 Å². The van der Waals surface area contributed by atoms with Crippen LogP contribution in [0.2, 0.25) is 0 Å². The topological polar surface area (TPSA) is 35.0 Å². The second-order valence-electron chi connectivity index (χ2n) is 3.69. The van der Waals surface area contributed by atoms with Crippen LogP contribution in [0.3, 0.4) is 0 Å². The van der Waals surface area contributed by atoms with E-state index in [0.717, 1.165) is 16.7 Å². The minimum absolute atomic E-state index is 0. The van der Waals surface area contributed by atoms with Gasteiger partial charge in [0.15, 0.2) is 0 Å². The van der Waals surface area contributed by atoms with Gasteiger partial charge in [0.1, 0.15) is 0 Å². The third-order valence-corrected chi connectivity index (χ3v) is 2.19. The minimum Gasteiger partial charge on any atom is -0.344 e. The highest BCUT2D eigenvalue weighted by atomic mass is 14.0. The number of rotatable bonds is 4. The summed E-state index contributed by atoms with van der Waals surface area (Å²) in [6, 6.07) is 0. The van der Waals surface area contributed by atoms with Crippen LogP contribution in [0.4, 0.5) is 0 Å². The van der Waals surface area contributed by atoms with Crippen molar-refractivity contribution in [1.29, 1.82) is 0 Å². The Morgan fingerprint density at radius 1 is 0.882 bits per heavy atom. The van der Waals surface area contributed by atoms with Crippen molar-refractivity contribution in [3.63, 3.8) is 0 Å². The molecule has 17 heavy (non-hydrogen) atoms. The molecule has 0 radical (unpaired) electrons. The van der Waals surface area contributed by atoms with Crippen LogP contribution in [-0.2, 0) is 0 Å². The Morgan fingerprint density at radius 2 is 1.29 bits per heavy atom. The number of hydrogen-bond acceptors (Lipinski definition) is 1. The average Bonchev–Trinajstić information content (AvgIpc) is 2.20. The van der Waals surface area contributed by atoms with Gasteiger partial charge >= 0.3 is 0 Å². The van der Waals surface area contributed by atoms with Crippen LogP contribution < -0.4 is 6.15 Å². The van der Waals surface area contributed by atoms with Crippen molar-refractivity contribution in [3.05, 3.63) is 59.8 Å². The molecule has 0 aliphatic heterocycles. The molecule has 3 N–H and O–H groups in total. The van der Waals surface area contributed by atoms with Gasteiger partial charge in [0, 0.05) is 0 Å². The molecule has 98 valence electrons. The lowest BCUT2D eigenvalue weighted by atomic mass is 10.00. The SMILES string of the molecule is C=C/C(C(=C)C)=C(C)\C=C(/C)C(=C)C.CC.N. The molecule has 0 bridgehead atoms. The Kier molecular flexibility index (Phi) is 13.8. The lowest BCUT2D eigenvalue weighted by Gasteiger charge is -2.06. The van der Waals surface area contributed by atoms with Crippen molar-refractivity contribution in [2.24, 2.45) is 0 Å². The molecule has 0 aromatic heterocycles. The highest BCUT2D eigenvalue weighted by Crippen LogP contribution is 2.17. The van der Waals surface area contributed by atoms with Crippen molar-refractivity contribution in [3.8, 4) is 0 Å². The first-order valence-corrected chi connectivity index (χ1v) is 5.73. The second kappa shape index (κ2) is 11.2. The van der Waals surface area contributed by atoms with E-state index in [1.165, 1.54) is 11.1 Å². The molecule has 0 spiro atoms. The summed E-state index contributed by atoms with van der Waals surface area (Å²) >= 11 is 0. The summed E-state index contributed by atoms with van der Waals surface area (Å²) in [5.74, 6) is 0. The maximum absolute atomic E-state index is 3.92. The highest BCUT2D eigenvalue weighted by Gasteiger charge is 1.98. The molecule has 0 amide bonds. The van der Waals surface area contributed by atoms with Crippen molar-refractivity contribution in [2.45, 2.75) is 41.5 Å². The fourth-order valence-corrected chi connectivity index (χ4v) is 1.20. The Labute approximate surface area is 108 Å². The summed E-state index contributed by atoms with van der Waals surface area (Å²) < 4.78 is 0. The van der Waals surface area contributed by atoms with E-state index >= 15 is 0 Å². The van der Waals surface area contributed by atoms with Gasteiger partial charge in [0.05, 0.1) is 0 Å². The van der Waals surface area contributed by atoms with E-state index in [1.54, 1.807) is 0 Å². The fourth-order valence-electron chi connectivity index (χ4n) is 1.20. The van der Waals surface area contributed by atoms with E-state index in [4.69, 9.17) is 0 Å². The van der Waals surface area contributed by atoms with Gasteiger partial charge in [-0.1, -0.05) is 56.9 Å². The Bertz CT molecular complexity index is 327. The summed E-state index contributed by atoms with van der Waals surface area (Å²) in [4.78, 5) is 0. The Hall–Kier alpha value is -1.34. The van der Waals surface area contributed by atoms with Crippen molar-refractivity contribution >= 4 is 0 Å². The van der Waals surface area contributed by atoms with Crippen molar-refractivity contribution in [1.82, 2.24) is 6.15 Å². The maximum Gasteiger partial charge on any atom is -0.0210 e. The highest BCUT2D eigenvalue weighted by molar-refractivity contribution is 5.45. The van der Waals surface area contributed by atoms with Crippen LogP contribution in [0.25, 0.3) is 0 Å². The van der Waals surface area contributed by atoms with Gasteiger partial charge in [-0.05, 0) is 44.4 Å². The van der Waals surface area contributed by atoms with E-state index in [0.29, 0.717) is 0 Å². The maximum atomic E-state index is 3.92. The zero-order valence-electron chi connectivity index (χ0n) is 12.5. The third kappa shape index (κ3) is 8.47. The number of allylic oxidation sites excluding steroid dienone is 7. The minimum atomic E-state index is 0. The predicted molar refractivity (Wildman–Crippen MR) is 82.7 cm³/mol. The van der Waals surface area contributed by atoms with Crippen molar-refractivity contribution < 1.29 is 0 Å². The molecule has 0 saturated heterocycles. The standard InChI is InChI=1S/C14H20.C2H6.H3N/c1-8-14(11(4)5)13(7)9-12(6)10(2)3;1-2;/h8-9H,1-2,4H2,3,5-7H3;1-2H3;1H3/b12-9+,14-13+;;. The summed E-state index contributed by atoms with van der Waals surface area (Å²) in [5.41, 5.74) is 5.64. The second-order valence-corrected chi connectivity index (χ2v) is 3.69. The first-order chi connectivity index (χ1) is 7.40. The molecule has 0 heterocycles. The van der Waals surface area contributed by atoms with Gasteiger partial charge in [-0.15, -0.1) is 0 Å². The Morgan fingerprint density at radius 3 is 1.53 bits per heavy atom. The van der Waals surface area contributed by atoms with Gasteiger partial charge in [0.25, 0.3) is 0 Å². The summed E-state index contributed by atoms with van der Waals surface area (Å²) in [6.07, 6.45) is 3.97. The zero-order chi connectivity index (χ0) is 13.3. The van der Waals surface area contributed by atoms with Gasteiger partial charge in [0.2, 0.25) is 0 Å². The molecule has 0 fully saturated rings. The van der Waals surface area contributed by atoms with E-state index < -0.39 is 0 Å². The first kappa shape index (κ1) is 21.0. The summed E-state index contributed by atoms with van der Waals surface area (Å²) in [6.45, 7) is 23.7. The van der Waals surface area contributed by atoms with E-state index in [9.17, 15) is 0 Å². The monoisotopic (exact) mass is 235 g/mol. The van der Waals surface area contributed by atoms with E-state index in [1.807, 2.05) is 33.8 Å². The molecular formula is C16H29N. The lowest BCUT2D eigenvalue weighted by molar-refractivity contribution is 1.30. The summed E-state index contributed by atoms with van der Waals surface area (Å²) in [7, 11) is 0. The summed E-state index contributed by atoms with van der Waals surface area (Å²) in [5, 5.41) is 0. The van der Waals surface area contributed by atoms with Gasteiger partial charge in [-0.3, -0.25) is 0 Å². The molecular weight excluding hydrogens is 206 g/mol. The third-order valence-electron chi connectivity index (χ3n) is 2.19. The van der Waals surface area contributed by atoms with E-state index in [-0.39, 0.29) is 6.15 Å². The fraction of sp³-hybridized carbons (Fsp3) is 0.375. The average molecular weight is 235 g/mol. The normalized spacial score (nSPS) is 11.3. The molecule has 0 aromatic rings. The van der Waals surface area contributed by atoms with Crippen LogP contribution in [0, 0.1) is 0 Å². The zero-order valence-corrected chi connectivity index (χ0v) is 12.5. The van der Waals surface area contributed by atoms with Crippen LogP contribution >= 0.6 is 0 Å². The molecule has 0 unspecified atom stereocenters. The van der Waals surface area contributed by atoms with Gasteiger partial charge < -0.3 is 6.15 Å². The molecule has 1 nitrogen and oxygen atoms in total. The predicted octanol–water partition coefficient (Wildman–Crippen LogP) is 5.78. The van der Waals surface area contributed by atoms with Gasteiger partial charge in [-0.25, -0.2) is 0 Å². The van der Waals surface area contributed by atoms with E-state index in [2.05, 4.69) is 39.7 Å². The molecule has 1 heteroatoms. The number of hydrogen-bond donors (Lipinski definition) is 1. The molecule has 0 rings (SSSR count). The molecule has 0 atom stereocenters. The first-order valence-electron chi connectivity index (χ1n) is 5.73. The Balaban J connectivity index is -0.000000616. The van der Waals surface area contributed by atoms with Crippen LogP contribution in [0.1, 0.15) is 41.5 Å². The largest absolute Gasteiger partial charge is 0.344 e. The molecule has 0 aliphatic carbocycles. The molecule has 0 aromatic carbocycles. The quantitative estimate of drug-likeness (QED) is 0.616. The smallest absolute Gasteiger partial charge is 0.0210 e. The van der Waals surface area contributed by atoms with Crippen molar-refractivity contribution in [2.75, 3.05) is 0 Å². The van der Waals surface area contributed by atoms with Crippen LogP contribution in [0.5, 0.6) is 0 Å². The van der Waals surface area contributed by atoms with Crippen LogP contribution in [-0.4, -0.2) is 0 Å². The van der Waals surface area contributed by atoms with Gasteiger partial charge in [-0.2, -0.15) is 0 Å². The lowest BCUT2D eigenvalue weighted by Crippen LogP contribution is -1.86. The molecule has 0 saturated carbocycles.